The number of nitrogens with zero attached hydrogens (tertiary/aromatic N) is 3. The van der Waals surface area contributed by atoms with Crippen LogP contribution in [0.4, 0.5) is 0 Å². The van der Waals surface area contributed by atoms with Gasteiger partial charge in [0.2, 0.25) is 5.91 Å². The number of aryl methyl sites for hydroxylation is 1. The van der Waals surface area contributed by atoms with E-state index in [0.29, 0.717) is 13.0 Å². The van der Waals surface area contributed by atoms with Gasteiger partial charge in [-0.3, -0.25) is 9.48 Å². The molecule has 1 aromatic heterocycles. The summed E-state index contributed by atoms with van der Waals surface area (Å²) in [5.74, 6) is -0.239. The number of hydrogen-bond acceptors (Lipinski definition) is 3. The molecule has 5 heteroatoms. The van der Waals surface area contributed by atoms with E-state index in [2.05, 4.69) is 10.4 Å². The SMILES string of the molecule is Cn1nccc1CCNC(=O)C(C)(C)C#N. The van der Waals surface area contributed by atoms with Gasteiger partial charge in [0.15, 0.2) is 0 Å². The van der Waals surface area contributed by atoms with E-state index in [1.165, 1.54) is 0 Å². The third-order valence-corrected chi connectivity index (χ3v) is 2.44. The van der Waals surface area contributed by atoms with Crippen molar-refractivity contribution in [3.05, 3.63) is 18.0 Å². The Balaban J connectivity index is 2.41. The number of amides is 1. The van der Waals surface area contributed by atoms with Crippen molar-refractivity contribution in [2.24, 2.45) is 12.5 Å². The summed E-state index contributed by atoms with van der Waals surface area (Å²) >= 11 is 0. The van der Waals surface area contributed by atoms with Gasteiger partial charge < -0.3 is 5.32 Å². The maximum Gasteiger partial charge on any atom is 0.239 e. The van der Waals surface area contributed by atoms with Gasteiger partial charge in [-0.1, -0.05) is 0 Å². The molecule has 0 aliphatic heterocycles. The Hall–Kier alpha value is -1.83. The molecule has 1 rings (SSSR count). The van der Waals surface area contributed by atoms with E-state index < -0.39 is 5.41 Å². The standard InChI is InChI=1S/C11H16N4O/c1-11(2,8-12)10(16)13-6-4-9-5-7-14-15(9)3/h5,7H,4,6H2,1-3H3,(H,13,16). The van der Waals surface area contributed by atoms with Gasteiger partial charge in [0.25, 0.3) is 0 Å². The molecule has 0 aliphatic rings. The van der Waals surface area contributed by atoms with Crippen molar-refractivity contribution < 1.29 is 4.79 Å². The number of nitriles is 1. The quantitative estimate of drug-likeness (QED) is 0.809. The van der Waals surface area contributed by atoms with Crippen molar-refractivity contribution in [1.82, 2.24) is 15.1 Å². The Morgan fingerprint density at radius 2 is 2.38 bits per heavy atom. The summed E-state index contributed by atoms with van der Waals surface area (Å²) in [6.07, 6.45) is 2.43. The fourth-order valence-corrected chi connectivity index (χ4v) is 1.22. The number of nitrogens with one attached hydrogen (secondary N) is 1. The molecule has 16 heavy (non-hydrogen) atoms. The molecule has 86 valence electrons. The molecule has 0 bridgehead atoms. The second kappa shape index (κ2) is 4.79. The maximum atomic E-state index is 11.6. The predicted molar refractivity (Wildman–Crippen MR) is 59.3 cm³/mol. The van der Waals surface area contributed by atoms with E-state index in [-0.39, 0.29) is 5.91 Å². The van der Waals surface area contributed by atoms with Gasteiger partial charge in [0.05, 0.1) is 6.07 Å². The first-order chi connectivity index (χ1) is 7.47. The lowest BCUT2D eigenvalue weighted by atomic mass is 9.95. The van der Waals surface area contributed by atoms with Gasteiger partial charge in [-0.25, -0.2) is 0 Å². The average molecular weight is 220 g/mol. The van der Waals surface area contributed by atoms with Crippen molar-refractivity contribution >= 4 is 5.91 Å². The smallest absolute Gasteiger partial charge is 0.239 e. The molecule has 0 spiro atoms. The molecular formula is C11H16N4O. The number of carbonyl (C=O) groups excluding carboxylic acids is 1. The van der Waals surface area contributed by atoms with E-state index in [1.807, 2.05) is 19.2 Å². The van der Waals surface area contributed by atoms with Crippen molar-refractivity contribution in [3.8, 4) is 6.07 Å². The van der Waals surface area contributed by atoms with Gasteiger partial charge in [-0.2, -0.15) is 10.4 Å². The fourth-order valence-electron chi connectivity index (χ4n) is 1.22. The Labute approximate surface area is 95.1 Å². The highest BCUT2D eigenvalue weighted by Gasteiger charge is 2.26. The lowest BCUT2D eigenvalue weighted by molar-refractivity contribution is -0.126. The van der Waals surface area contributed by atoms with E-state index in [0.717, 1.165) is 5.69 Å². The molecule has 1 amide bonds. The molecule has 0 aromatic carbocycles. The normalized spacial score (nSPS) is 10.9. The molecule has 5 nitrogen and oxygen atoms in total. The Morgan fingerprint density at radius 3 is 2.88 bits per heavy atom. The largest absolute Gasteiger partial charge is 0.354 e. The number of hydrogen-bond donors (Lipinski definition) is 1. The Morgan fingerprint density at radius 1 is 1.69 bits per heavy atom. The minimum Gasteiger partial charge on any atom is -0.354 e. The van der Waals surface area contributed by atoms with E-state index in [1.54, 1.807) is 24.7 Å². The van der Waals surface area contributed by atoms with Crippen LogP contribution < -0.4 is 5.32 Å². The zero-order chi connectivity index (χ0) is 12.2. The Kier molecular flexibility index (Phi) is 3.67. The van der Waals surface area contributed by atoms with Crippen LogP contribution in [0.15, 0.2) is 12.3 Å². The van der Waals surface area contributed by atoms with E-state index in [9.17, 15) is 4.79 Å². The van der Waals surface area contributed by atoms with Crippen LogP contribution in [-0.2, 0) is 18.3 Å². The van der Waals surface area contributed by atoms with E-state index >= 15 is 0 Å². The van der Waals surface area contributed by atoms with E-state index in [4.69, 9.17) is 5.26 Å². The minimum absolute atomic E-state index is 0.239. The topological polar surface area (TPSA) is 70.7 Å². The van der Waals surface area contributed by atoms with Crippen LogP contribution in [0.1, 0.15) is 19.5 Å². The summed E-state index contributed by atoms with van der Waals surface area (Å²) in [4.78, 5) is 11.6. The number of rotatable bonds is 4. The first-order valence-corrected chi connectivity index (χ1v) is 5.14. The lowest BCUT2D eigenvalue weighted by Crippen LogP contribution is -2.37. The lowest BCUT2D eigenvalue weighted by Gasteiger charge is -2.14. The van der Waals surface area contributed by atoms with Crippen LogP contribution in [0.3, 0.4) is 0 Å². The highest BCUT2D eigenvalue weighted by molar-refractivity contribution is 5.84. The highest BCUT2D eigenvalue weighted by atomic mass is 16.2. The molecule has 1 heterocycles. The molecule has 0 unspecified atom stereocenters. The van der Waals surface area contributed by atoms with Crippen LogP contribution in [-0.4, -0.2) is 22.2 Å². The summed E-state index contributed by atoms with van der Waals surface area (Å²) in [5, 5.41) is 15.5. The van der Waals surface area contributed by atoms with Gasteiger partial charge in [0.1, 0.15) is 5.41 Å². The monoisotopic (exact) mass is 220 g/mol. The van der Waals surface area contributed by atoms with Crippen LogP contribution in [0.5, 0.6) is 0 Å². The molecule has 0 aliphatic carbocycles. The van der Waals surface area contributed by atoms with Crippen LogP contribution in [0.2, 0.25) is 0 Å². The van der Waals surface area contributed by atoms with Gasteiger partial charge >= 0.3 is 0 Å². The molecule has 0 radical (unpaired) electrons. The summed E-state index contributed by atoms with van der Waals surface area (Å²) < 4.78 is 1.77. The van der Waals surface area contributed by atoms with Crippen LogP contribution >= 0.6 is 0 Å². The van der Waals surface area contributed by atoms with Crippen molar-refractivity contribution in [2.75, 3.05) is 6.54 Å². The molecule has 1 aromatic rings. The summed E-state index contributed by atoms with van der Waals surface area (Å²) in [6, 6.07) is 3.87. The second-order valence-electron chi connectivity index (χ2n) is 4.19. The van der Waals surface area contributed by atoms with Gasteiger partial charge in [-0.15, -0.1) is 0 Å². The molecule has 1 N–H and O–H groups in total. The number of aromatic nitrogens is 2. The maximum absolute atomic E-state index is 11.6. The molecule has 0 fully saturated rings. The second-order valence-corrected chi connectivity index (χ2v) is 4.19. The molecule has 0 atom stereocenters. The molecule has 0 saturated carbocycles. The predicted octanol–water partition coefficient (Wildman–Crippen LogP) is 0.629. The van der Waals surface area contributed by atoms with Crippen LogP contribution in [0.25, 0.3) is 0 Å². The first-order valence-electron chi connectivity index (χ1n) is 5.14. The minimum atomic E-state index is -0.966. The van der Waals surface area contributed by atoms with Crippen molar-refractivity contribution in [2.45, 2.75) is 20.3 Å². The van der Waals surface area contributed by atoms with Crippen molar-refractivity contribution in [1.29, 1.82) is 5.26 Å². The fraction of sp³-hybridized carbons (Fsp3) is 0.545. The summed E-state index contributed by atoms with van der Waals surface area (Å²) in [7, 11) is 1.86. The summed E-state index contributed by atoms with van der Waals surface area (Å²) in [5.41, 5.74) is 0.0852. The molecule has 0 saturated heterocycles. The van der Waals surface area contributed by atoms with Crippen molar-refractivity contribution in [3.63, 3.8) is 0 Å². The third kappa shape index (κ3) is 2.83. The van der Waals surface area contributed by atoms with Gasteiger partial charge in [0, 0.05) is 31.9 Å². The van der Waals surface area contributed by atoms with Gasteiger partial charge in [-0.05, 0) is 19.9 Å². The zero-order valence-corrected chi connectivity index (χ0v) is 9.82. The van der Waals surface area contributed by atoms with Crippen LogP contribution in [0, 0.1) is 16.7 Å². The zero-order valence-electron chi connectivity index (χ0n) is 9.82. The average Bonchev–Trinajstić information content (AvgIpc) is 2.64. The molecular weight excluding hydrogens is 204 g/mol. The third-order valence-electron chi connectivity index (χ3n) is 2.44. The Bertz CT molecular complexity index is 414. The number of carbonyl (C=O) groups is 1. The summed E-state index contributed by atoms with van der Waals surface area (Å²) in [6.45, 7) is 3.72. The first kappa shape index (κ1) is 12.2. The highest BCUT2D eigenvalue weighted by Crippen LogP contribution is 2.12.